The lowest BCUT2D eigenvalue weighted by atomic mass is 9.99. The Morgan fingerprint density at radius 2 is 1.04 bits per heavy atom. The monoisotopic (exact) mass is 1020 g/mol. The summed E-state index contributed by atoms with van der Waals surface area (Å²) >= 11 is 0. The molecule has 28 nitrogen and oxygen atoms in total. The number of carboxylic acid groups (broad SMARTS) is 3. The zero-order valence-corrected chi connectivity index (χ0v) is 41.9. The number of carbonyl (C=O) groups is 11. The molecular formula is C44H74N14O14. The molecule has 28 heteroatoms. The number of nitrogens with one attached hydrogen (secondary N) is 9. The maximum atomic E-state index is 13.9. The molecule has 0 fully saturated rings. The average molecular weight is 1020 g/mol. The van der Waals surface area contributed by atoms with Gasteiger partial charge in [-0.2, -0.15) is 0 Å². The number of H-pyrrole nitrogens is 1. The van der Waals surface area contributed by atoms with Gasteiger partial charge in [-0.1, -0.05) is 41.5 Å². The highest BCUT2D eigenvalue weighted by Crippen LogP contribution is 2.11. The molecule has 0 saturated carbocycles. The first-order chi connectivity index (χ1) is 33.5. The average Bonchev–Trinajstić information content (AvgIpc) is 3.79. The van der Waals surface area contributed by atoms with Gasteiger partial charge in [0.05, 0.1) is 18.8 Å². The minimum absolute atomic E-state index is 0.0802. The number of nitrogens with zero attached hydrogens (tertiary/aromatic N) is 2. The largest absolute Gasteiger partial charge is 0.481 e. The fourth-order valence-corrected chi connectivity index (χ4v) is 6.75. The van der Waals surface area contributed by atoms with Crippen LogP contribution in [0.5, 0.6) is 0 Å². The summed E-state index contributed by atoms with van der Waals surface area (Å²) in [7, 11) is 0. The number of imidazole rings is 1. The molecule has 72 heavy (non-hydrogen) atoms. The molecule has 0 unspecified atom stereocenters. The third-order valence-electron chi connectivity index (χ3n) is 10.6. The molecule has 0 radical (unpaired) electrons. The zero-order valence-electron chi connectivity index (χ0n) is 41.9. The van der Waals surface area contributed by atoms with Crippen LogP contribution in [0.25, 0.3) is 0 Å². The van der Waals surface area contributed by atoms with Crippen molar-refractivity contribution in [3.8, 4) is 0 Å². The van der Waals surface area contributed by atoms with E-state index in [4.69, 9.17) is 17.2 Å². The minimum Gasteiger partial charge on any atom is -0.481 e. The molecule has 0 aliphatic rings. The minimum atomic E-state index is -1.86. The number of guanidine groups is 1. The van der Waals surface area contributed by atoms with Crippen LogP contribution in [-0.4, -0.2) is 157 Å². The standard InChI is InChI=1S/C44H74N14O14/c1-20(2)14-28(55-41(69)29(15-21(3)4)54-37(65)26(45)10-9-13-49-44(46)47)39(67)51-23(7)35(63)53-27(11-12-32(59)60)38(66)56-30(16-25-18-48-19-50-25)42(70)57-31(17-33(61)62)40(68)52-24(8)36(64)58-34(22(5)6)43(71)72/h18-24,26-31,34H,9-17,45H2,1-8H3,(H,48,50)(H,51,67)(H,52,68)(H,53,63)(H,54,65)(H,55,69)(H,56,66)(H,57,70)(H,58,64)(H,59,60)(H,61,62)(H,71,72)(H4,46,47,49)/t23-,24-,26-,27-,28-,29-,30-,31-,34-/m0/s1. The highest BCUT2D eigenvalue weighted by Gasteiger charge is 2.35. The number of aliphatic carboxylic acids is 3. The molecule has 0 aliphatic carbocycles. The van der Waals surface area contributed by atoms with Crippen LogP contribution < -0.4 is 59.7 Å². The molecule has 0 spiro atoms. The summed E-state index contributed by atoms with van der Waals surface area (Å²) in [4.78, 5) is 153. The van der Waals surface area contributed by atoms with E-state index in [-0.39, 0.29) is 55.7 Å². The van der Waals surface area contributed by atoms with Crippen molar-refractivity contribution < 1.29 is 68.1 Å². The molecular weight excluding hydrogens is 949 g/mol. The molecule has 0 aromatic carbocycles. The Hall–Kier alpha value is -7.39. The van der Waals surface area contributed by atoms with Gasteiger partial charge in [0, 0.05) is 31.3 Å². The van der Waals surface area contributed by atoms with Gasteiger partial charge in [0.25, 0.3) is 0 Å². The fraction of sp³-hybridized carbons (Fsp3) is 0.659. The number of carboxylic acids is 3. The Morgan fingerprint density at radius 1 is 0.583 bits per heavy atom. The van der Waals surface area contributed by atoms with Crippen molar-refractivity contribution in [1.82, 2.24) is 52.5 Å². The summed E-state index contributed by atoms with van der Waals surface area (Å²) in [5.74, 6) is -12.7. The van der Waals surface area contributed by atoms with Gasteiger partial charge in [-0.05, 0) is 63.7 Å². The lowest BCUT2D eigenvalue weighted by molar-refractivity contribution is -0.144. The first kappa shape index (κ1) is 62.6. The van der Waals surface area contributed by atoms with E-state index in [1.54, 1.807) is 13.8 Å². The van der Waals surface area contributed by atoms with Crippen molar-refractivity contribution in [2.24, 2.45) is 39.9 Å². The van der Waals surface area contributed by atoms with E-state index in [1.165, 1.54) is 40.2 Å². The van der Waals surface area contributed by atoms with Crippen molar-refractivity contribution in [3.63, 3.8) is 0 Å². The molecule has 8 amide bonds. The number of aromatic nitrogens is 2. The second-order valence-corrected chi connectivity index (χ2v) is 18.5. The van der Waals surface area contributed by atoms with Gasteiger partial charge >= 0.3 is 17.9 Å². The Morgan fingerprint density at radius 3 is 1.51 bits per heavy atom. The molecule has 1 aromatic rings. The smallest absolute Gasteiger partial charge is 0.326 e. The Bertz CT molecular complexity index is 2060. The summed E-state index contributed by atoms with van der Waals surface area (Å²) in [5.41, 5.74) is 17.0. The number of hydrogen-bond acceptors (Lipinski definition) is 14. The first-order valence-electron chi connectivity index (χ1n) is 23.4. The second-order valence-electron chi connectivity index (χ2n) is 18.5. The molecule has 404 valence electrons. The van der Waals surface area contributed by atoms with Crippen molar-refractivity contribution in [1.29, 1.82) is 0 Å². The molecule has 9 atom stereocenters. The number of carbonyl (C=O) groups excluding carboxylic acids is 8. The summed E-state index contributed by atoms with van der Waals surface area (Å²) in [6.45, 7) is 12.9. The number of hydrogen-bond donors (Lipinski definition) is 15. The van der Waals surface area contributed by atoms with Gasteiger partial charge in [0.2, 0.25) is 47.3 Å². The molecule has 1 aromatic heterocycles. The highest BCUT2D eigenvalue weighted by molar-refractivity contribution is 5.98. The molecule has 1 heterocycles. The van der Waals surface area contributed by atoms with Gasteiger partial charge in [-0.3, -0.25) is 52.9 Å². The van der Waals surface area contributed by atoms with Crippen molar-refractivity contribution in [3.05, 3.63) is 18.2 Å². The maximum absolute atomic E-state index is 13.9. The van der Waals surface area contributed by atoms with E-state index < -0.39 is 145 Å². The third-order valence-corrected chi connectivity index (χ3v) is 10.6. The number of nitrogens with two attached hydrogens (primary N) is 3. The van der Waals surface area contributed by atoms with Crippen molar-refractivity contribution >= 4 is 71.1 Å². The normalized spacial score (nSPS) is 14.9. The fourth-order valence-electron chi connectivity index (χ4n) is 6.75. The Kier molecular flexibility index (Phi) is 27.0. The molecule has 1 rings (SSSR count). The first-order valence-corrected chi connectivity index (χ1v) is 23.4. The zero-order chi connectivity index (χ0) is 55.0. The van der Waals surface area contributed by atoms with E-state index in [0.29, 0.717) is 6.42 Å². The van der Waals surface area contributed by atoms with Crippen LogP contribution in [0.4, 0.5) is 0 Å². The molecule has 18 N–H and O–H groups in total. The van der Waals surface area contributed by atoms with Crippen LogP contribution in [-0.2, 0) is 59.2 Å². The van der Waals surface area contributed by atoms with E-state index in [0.717, 1.165) is 0 Å². The lowest BCUT2D eigenvalue weighted by Crippen LogP contribution is -2.60. The predicted octanol–water partition coefficient (Wildman–Crippen LogP) is -3.58. The van der Waals surface area contributed by atoms with Gasteiger partial charge in [-0.25, -0.2) is 9.78 Å². The summed E-state index contributed by atoms with van der Waals surface area (Å²) in [5, 5.41) is 47.9. The summed E-state index contributed by atoms with van der Waals surface area (Å²) in [6, 6.07) is -12.7. The second kappa shape index (κ2) is 31.1. The van der Waals surface area contributed by atoms with Crippen LogP contribution in [0, 0.1) is 17.8 Å². The molecule has 0 saturated heterocycles. The van der Waals surface area contributed by atoms with Crippen LogP contribution in [0.15, 0.2) is 17.5 Å². The maximum Gasteiger partial charge on any atom is 0.326 e. The summed E-state index contributed by atoms with van der Waals surface area (Å²) in [6.07, 6.45) is 0.775. The number of aliphatic imine (C=N–C) groups is 1. The topological polar surface area (TPSA) is 464 Å². The van der Waals surface area contributed by atoms with E-state index in [1.807, 2.05) is 13.8 Å². The number of amides is 8. The predicted molar refractivity (Wildman–Crippen MR) is 257 cm³/mol. The molecule has 0 aliphatic heterocycles. The van der Waals surface area contributed by atoms with E-state index in [2.05, 4.69) is 57.5 Å². The lowest BCUT2D eigenvalue weighted by Gasteiger charge is -2.27. The number of aromatic amines is 1. The Balaban J connectivity index is 3.32. The molecule has 0 bridgehead atoms. The summed E-state index contributed by atoms with van der Waals surface area (Å²) < 4.78 is 0. The van der Waals surface area contributed by atoms with E-state index in [9.17, 15) is 68.1 Å². The van der Waals surface area contributed by atoms with Crippen LogP contribution in [0.1, 0.15) is 106 Å². The van der Waals surface area contributed by atoms with E-state index >= 15 is 0 Å². The third kappa shape index (κ3) is 24.0. The SMILES string of the molecule is CC(C)C[C@H](NC(=O)[C@H](CC(C)C)NC(=O)[C@@H](N)CCCN=C(N)N)C(=O)N[C@@H](C)C(=O)N[C@@H](CCC(=O)O)C(=O)N[C@@H](Cc1cnc[nH]1)C(=O)N[C@@H](CC(=O)O)C(=O)N[C@@H](C)C(=O)N[C@H](C(=O)O)C(C)C. The quantitative estimate of drug-likeness (QED) is 0.0184. The van der Waals surface area contributed by atoms with Gasteiger partial charge in [0.1, 0.15) is 48.3 Å². The van der Waals surface area contributed by atoms with Gasteiger partial charge < -0.3 is 80.0 Å². The van der Waals surface area contributed by atoms with Gasteiger partial charge in [0.15, 0.2) is 5.96 Å². The van der Waals surface area contributed by atoms with Crippen LogP contribution in [0.3, 0.4) is 0 Å². The van der Waals surface area contributed by atoms with Crippen molar-refractivity contribution in [2.75, 3.05) is 6.54 Å². The Labute approximate surface area is 416 Å². The van der Waals surface area contributed by atoms with Gasteiger partial charge in [-0.15, -0.1) is 0 Å². The highest BCUT2D eigenvalue weighted by atomic mass is 16.4. The van der Waals surface area contributed by atoms with Crippen molar-refractivity contribution in [2.45, 2.75) is 161 Å². The van der Waals surface area contributed by atoms with Crippen LogP contribution >= 0.6 is 0 Å². The van der Waals surface area contributed by atoms with Crippen LogP contribution in [0.2, 0.25) is 0 Å². The number of rotatable bonds is 33.